The Morgan fingerprint density at radius 1 is 0.850 bits per heavy atom. The van der Waals surface area contributed by atoms with Gasteiger partial charge in [-0.25, -0.2) is 0 Å². The Labute approximate surface area is 122 Å². The minimum absolute atomic E-state index is 0.437. The molecule has 0 N–H and O–H groups in total. The number of hydrogen-bond acceptors (Lipinski definition) is 2. The van der Waals surface area contributed by atoms with E-state index in [4.69, 9.17) is 0 Å². The predicted octanol–water partition coefficient (Wildman–Crippen LogP) is 4.31. The third-order valence-electron chi connectivity index (χ3n) is 3.98. The van der Waals surface area contributed by atoms with Crippen molar-refractivity contribution in [1.29, 1.82) is 0 Å². The molecule has 0 fully saturated rings. The summed E-state index contributed by atoms with van der Waals surface area (Å²) in [5, 5.41) is 8.86. The lowest BCUT2D eigenvalue weighted by Crippen LogP contribution is -2.07. The van der Waals surface area contributed by atoms with Crippen LogP contribution in [0.15, 0.2) is 24.3 Å². The lowest BCUT2D eigenvalue weighted by molar-refractivity contribution is 0.740. The minimum Gasteiger partial charge on any atom is -0.155 e. The van der Waals surface area contributed by atoms with Crippen LogP contribution in [-0.4, -0.2) is 10.2 Å². The molecule has 0 bridgehead atoms. The summed E-state index contributed by atoms with van der Waals surface area (Å²) in [4.78, 5) is 0. The Morgan fingerprint density at radius 2 is 1.50 bits per heavy atom. The fourth-order valence-corrected chi connectivity index (χ4v) is 2.48. The molecule has 0 aliphatic rings. The third kappa shape index (κ3) is 3.24. The molecule has 20 heavy (non-hydrogen) atoms. The highest BCUT2D eigenvalue weighted by Gasteiger charge is 2.12. The summed E-state index contributed by atoms with van der Waals surface area (Å²) in [5.74, 6) is 0.437. The summed E-state index contributed by atoms with van der Waals surface area (Å²) >= 11 is 0. The molecule has 2 rings (SSSR count). The predicted molar refractivity (Wildman–Crippen MR) is 84.2 cm³/mol. The standard InChI is InChI=1S/C18H24N2/c1-12(2)18-15(5)14(4)17(19-20-18)11-10-16-8-6-13(3)7-9-16/h6-9,12H,10-11H2,1-5H3. The van der Waals surface area contributed by atoms with Crippen molar-refractivity contribution in [2.45, 2.75) is 53.4 Å². The quantitative estimate of drug-likeness (QED) is 0.825. The van der Waals surface area contributed by atoms with Crippen LogP contribution < -0.4 is 0 Å². The van der Waals surface area contributed by atoms with Crippen molar-refractivity contribution >= 4 is 0 Å². The summed E-state index contributed by atoms with van der Waals surface area (Å²) in [7, 11) is 0. The molecule has 2 heteroatoms. The monoisotopic (exact) mass is 268 g/mol. The highest BCUT2D eigenvalue weighted by Crippen LogP contribution is 2.21. The van der Waals surface area contributed by atoms with Crippen LogP contribution in [-0.2, 0) is 12.8 Å². The van der Waals surface area contributed by atoms with Crippen molar-refractivity contribution in [2.24, 2.45) is 0 Å². The Hall–Kier alpha value is -1.70. The minimum atomic E-state index is 0.437. The van der Waals surface area contributed by atoms with E-state index in [1.807, 2.05) is 0 Å². The zero-order valence-electron chi connectivity index (χ0n) is 13.2. The van der Waals surface area contributed by atoms with Crippen LogP contribution in [0.2, 0.25) is 0 Å². The van der Waals surface area contributed by atoms with Gasteiger partial charge in [0.2, 0.25) is 0 Å². The van der Waals surface area contributed by atoms with Gasteiger partial charge in [0.15, 0.2) is 0 Å². The van der Waals surface area contributed by atoms with E-state index in [1.165, 1.54) is 22.3 Å². The van der Waals surface area contributed by atoms with Gasteiger partial charge < -0.3 is 0 Å². The molecule has 0 atom stereocenters. The van der Waals surface area contributed by atoms with Gasteiger partial charge in [-0.15, -0.1) is 0 Å². The lowest BCUT2D eigenvalue weighted by atomic mass is 9.98. The molecule has 0 spiro atoms. The van der Waals surface area contributed by atoms with Gasteiger partial charge in [0.05, 0.1) is 11.4 Å². The second kappa shape index (κ2) is 6.17. The van der Waals surface area contributed by atoms with E-state index in [9.17, 15) is 0 Å². The summed E-state index contributed by atoms with van der Waals surface area (Å²) in [6.07, 6.45) is 1.98. The molecular weight excluding hydrogens is 244 g/mol. The fourth-order valence-electron chi connectivity index (χ4n) is 2.48. The molecule has 2 nitrogen and oxygen atoms in total. The van der Waals surface area contributed by atoms with Crippen LogP contribution >= 0.6 is 0 Å². The second-order valence-corrected chi connectivity index (χ2v) is 5.92. The molecule has 1 heterocycles. The Kier molecular flexibility index (Phi) is 4.53. The van der Waals surface area contributed by atoms with E-state index in [2.05, 4.69) is 69.1 Å². The van der Waals surface area contributed by atoms with Gasteiger partial charge in [0.25, 0.3) is 0 Å². The number of hydrogen-bond donors (Lipinski definition) is 0. The van der Waals surface area contributed by atoms with Crippen LogP contribution in [0.5, 0.6) is 0 Å². The maximum Gasteiger partial charge on any atom is 0.0688 e. The smallest absolute Gasteiger partial charge is 0.0688 e. The van der Waals surface area contributed by atoms with Crippen molar-refractivity contribution in [2.75, 3.05) is 0 Å². The highest BCUT2D eigenvalue weighted by molar-refractivity contribution is 5.33. The largest absolute Gasteiger partial charge is 0.155 e. The molecule has 0 unspecified atom stereocenters. The van der Waals surface area contributed by atoms with E-state index in [0.29, 0.717) is 5.92 Å². The van der Waals surface area contributed by atoms with Gasteiger partial charge in [-0.3, -0.25) is 0 Å². The SMILES string of the molecule is Cc1ccc(CCc2nnc(C(C)C)c(C)c2C)cc1. The number of aryl methyl sites for hydroxylation is 3. The average Bonchev–Trinajstić information content (AvgIpc) is 2.42. The second-order valence-electron chi connectivity index (χ2n) is 5.92. The van der Waals surface area contributed by atoms with Gasteiger partial charge >= 0.3 is 0 Å². The molecule has 106 valence electrons. The van der Waals surface area contributed by atoms with Crippen LogP contribution in [0.3, 0.4) is 0 Å². The van der Waals surface area contributed by atoms with Crippen LogP contribution in [0, 0.1) is 20.8 Å². The number of benzene rings is 1. The van der Waals surface area contributed by atoms with Gasteiger partial charge in [-0.05, 0) is 56.2 Å². The molecule has 2 aromatic rings. The zero-order chi connectivity index (χ0) is 14.7. The van der Waals surface area contributed by atoms with Gasteiger partial charge in [-0.1, -0.05) is 43.7 Å². The molecule has 0 aliphatic carbocycles. The Morgan fingerprint density at radius 3 is 2.10 bits per heavy atom. The molecular formula is C18H24N2. The van der Waals surface area contributed by atoms with Gasteiger partial charge in [0.1, 0.15) is 0 Å². The summed E-state index contributed by atoms with van der Waals surface area (Å²) in [5.41, 5.74) is 7.53. The first-order chi connectivity index (χ1) is 9.49. The maximum atomic E-state index is 4.44. The normalized spacial score (nSPS) is 11.1. The lowest BCUT2D eigenvalue weighted by Gasteiger charge is -2.13. The fraction of sp³-hybridized carbons (Fsp3) is 0.444. The Balaban J connectivity index is 2.14. The van der Waals surface area contributed by atoms with Crippen LogP contribution in [0.1, 0.15) is 53.4 Å². The first kappa shape index (κ1) is 14.7. The average molecular weight is 268 g/mol. The summed E-state index contributed by atoms with van der Waals surface area (Å²) in [6.45, 7) is 10.8. The van der Waals surface area contributed by atoms with Crippen molar-refractivity contribution in [3.63, 3.8) is 0 Å². The summed E-state index contributed by atoms with van der Waals surface area (Å²) < 4.78 is 0. The first-order valence-electron chi connectivity index (χ1n) is 7.37. The maximum absolute atomic E-state index is 4.44. The first-order valence-corrected chi connectivity index (χ1v) is 7.37. The van der Waals surface area contributed by atoms with Gasteiger partial charge in [-0.2, -0.15) is 10.2 Å². The van der Waals surface area contributed by atoms with Crippen molar-refractivity contribution in [3.05, 3.63) is 57.9 Å². The third-order valence-corrected chi connectivity index (χ3v) is 3.98. The molecule has 0 aliphatic heterocycles. The zero-order valence-corrected chi connectivity index (χ0v) is 13.2. The number of rotatable bonds is 4. The number of aromatic nitrogens is 2. The molecule has 0 amide bonds. The van der Waals surface area contributed by atoms with E-state index >= 15 is 0 Å². The van der Waals surface area contributed by atoms with Crippen molar-refractivity contribution in [3.8, 4) is 0 Å². The molecule has 1 aromatic carbocycles. The van der Waals surface area contributed by atoms with E-state index in [1.54, 1.807) is 0 Å². The van der Waals surface area contributed by atoms with E-state index in [-0.39, 0.29) is 0 Å². The topological polar surface area (TPSA) is 25.8 Å². The van der Waals surface area contributed by atoms with Crippen molar-refractivity contribution in [1.82, 2.24) is 10.2 Å². The van der Waals surface area contributed by atoms with E-state index < -0.39 is 0 Å². The molecule has 1 aromatic heterocycles. The van der Waals surface area contributed by atoms with Crippen LogP contribution in [0.4, 0.5) is 0 Å². The molecule has 0 saturated heterocycles. The molecule has 0 radical (unpaired) electrons. The highest BCUT2D eigenvalue weighted by atomic mass is 15.1. The number of nitrogens with zero attached hydrogens (tertiary/aromatic N) is 2. The summed E-state index contributed by atoms with van der Waals surface area (Å²) in [6, 6.07) is 8.74. The van der Waals surface area contributed by atoms with Crippen molar-refractivity contribution < 1.29 is 0 Å². The van der Waals surface area contributed by atoms with E-state index in [0.717, 1.165) is 24.2 Å². The molecule has 0 saturated carbocycles. The Bertz CT molecular complexity index is 583. The van der Waals surface area contributed by atoms with Gasteiger partial charge in [0, 0.05) is 0 Å². The van der Waals surface area contributed by atoms with Crippen LogP contribution in [0.25, 0.3) is 0 Å².